The topological polar surface area (TPSA) is 52.6 Å². The van der Waals surface area contributed by atoms with E-state index in [-0.39, 0.29) is 5.75 Å². The van der Waals surface area contributed by atoms with Crippen molar-refractivity contribution in [2.75, 3.05) is 7.11 Å². The summed E-state index contributed by atoms with van der Waals surface area (Å²) in [5, 5.41) is 0. The first-order chi connectivity index (χ1) is 9.63. The number of esters is 1. The van der Waals surface area contributed by atoms with E-state index in [2.05, 4.69) is 0 Å². The summed E-state index contributed by atoms with van der Waals surface area (Å²) in [5.41, 5.74) is 1.91. The van der Waals surface area contributed by atoms with Crippen LogP contribution in [0.1, 0.15) is 26.3 Å². The molecule has 0 aliphatic carbocycles. The van der Waals surface area contributed by atoms with Gasteiger partial charge in [-0.2, -0.15) is 0 Å². The van der Waals surface area contributed by atoms with E-state index in [0.717, 1.165) is 5.56 Å². The smallest absolute Gasteiger partial charge is 0.343 e. The normalized spacial score (nSPS) is 9.90. The standard InChI is InChI=1S/C16H14O4/c1-11-3-6-13(7-4-11)16(18)20-15-9-12(10-17)5-8-14(15)19-2/h3-10H,1-2H3. The Balaban J connectivity index is 2.26. The second-order valence-corrected chi connectivity index (χ2v) is 4.28. The first-order valence-electron chi connectivity index (χ1n) is 6.06. The summed E-state index contributed by atoms with van der Waals surface area (Å²) in [6.45, 7) is 1.94. The maximum Gasteiger partial charge on any atom is 0.343 e. The highest BCUT2D eigenvalue weighted by molar-refractivity contribution is 5.91. The first kappa shape index (κ1) is 13.8. The van der Waals surface area contributed by atoms with Crippen molar-refractivity contribution in [3.8, 4) is 11.5 Å². The lowest BCUT2D eigenvalue weighted by molar-refractivity contribution is 0.0729. The first-order valence-corrected chi connectivity index (χ1v) is 6.06. The molecule has 0 spiro atoms. The Labute approximate surface area is 116 Å². The van der Waals surface area contributed by atoms with Gasteiger partial charge in [0.1, 0.15) is 6.29 Å². The predicted octanol–water partition coefficient (Wildman–Crippen LogP) is 3.04. The molecule has 2 aromatic carbocycles. The van der Waals surface area contributed by atoms with Crippen molar-refractivity contribution >= 4 is 12.3 Å². The van der Waals surface area contributed by atoms with Gasteiger partial charge >= 0.3 is 5.97 Å². The van der Waals surface area contributed by atoms with E-state index < -0.39 is 5.97 Å². The summed E-state index contributed by atoms with van der Waals surface area (Å²) in [7, 11) is 1.47. The van der Waals surface area contributed by atoms with Gasteiger partial charge in [0, 0.05) is 5.56 Å². The summed E-state index contributed by atoms with van der Waals surface area (Å²) in [6.07, 6.45) is 0.683. The van der Waals surface area contributed by atoms with Crippen LogP contribution in [0.5, 0.6) is 11.5 Å². The van der Waals surface area contributed by atoms with E-state index in [1.165, 1.54) is 13.2 Å². The molecule has 0 unspecified atom stereocenters. The number of rotatable bonds is 4. The van der Waals surface area contributed by atoms with E-state index in [4.69, 9.17) is 9.47 Å². The third kappa shape index (κ3) is 3.03. The molecule has 4 nitrogen and oxygen atoms in total. The molecular weight excluding hydrogens is 256 g/mol. The molecule has 0 saturated carbocycles. The molecule has 20 heavy (non-hydrogen) atoms. The van der Waals surface area contributed by atoms with E-state index in [1.54, 1.807) is 24.3 Å². The van der Waals surface area contributed by atoms with Gasteiger partial charge in [0.05, 0.1) is 12.7 Å². The van der Waals surface area contributed by atoms with Crippen LogP contribution in [-0.2, 0) is 0 Å². The summed E-state index contributed by atoms with van der Waals surface area (Å²) < 4.78 is 10.4. The minimum Gasteiger partial charge on any atom is -0.493 e. The Hall–Kier alpha value is -2.62. The maximum atomic E-state index is 12.0. The SMILES string of the molecule is COc1ccc(C=O)cc1OC(=O)c1ccc(C)cc1. The molecule has 0 saturated heterocycles. The third-order valence-electron chi connectivity index (χ3n) is 2.81. The molecule has 2 rings (SSSR count). The molecule has 0 aliphatic rings. The molecule has 0 bridgehead atoms. The summed E-state index contributed by atoms with van der Waals surface area (Å²) in [5.74, 6) is 0.130. The molecule has 102 valence electrons. The quantitative estimate of drug-likeness (QED) is 0.487. The van der Waals surface area contributed by atoms with Crippen molar-refractivity contribution < 1.29 is 19.1 Å². The van der Waals surface area contributed by atoms with Crippen LogP contribution in [-0.4, -0.2) is 19.4 Å². The number of hydrogen-bond acceptors (Lipinski definition) is 4. The van der Waals surface area contributed by atoms with Crippen LogP contribution < -0.4 is 9.47 Å². The Morgan fingerprint density at radius 3 is 2.35 bits per heavy atom. The number of hydrogen-bond donors (Lipinski definition) is 0. The number of methoxy groups -OCH3 is 1. The molecule has 0 atom stereocenters. The van der Waals surface area contributed by atoms with Gasteiger partial charge in [0.25, 0.3) is 0 Å². The lowest BCUT2D eigenvalue weighted by Crippen LogP contribution is -2.09. The molecule has 2 aromatic rings. The zero-order valence-electron chi connectivity index (χ0n) is 11.3. The number of benzene rings is 2. The van der Waals surface area contributed by atoms with Gasteiger partial charge < -0.3 is 9.47 Å². The Morgan fingerprint density at radius 2 is 1.75 bits per heavy atom. The summed E-state index contributed by atoms with van der Waals surface area (Å²) >= 11 is 0. The highest BCUT2D eigenvalue weighted by atomic mass is 16.6. The zero-order chi connectivity index (χ0) is 14.5. The number of carbonyl (C=O) groups is 2. The Kier molecular flexibility index (Phi) is 4.15. The molecule has 0 aliphatic heterocycles. The second kappa shape index (κ2) is 6.02. The van der Waals surface area contributed by atoms with Crippen LogP contribution in [0.25, 0.3) is 0 Å². The highest BCUT2D eigenvalue weighted by Crippen LogP contribution is 2.28. The van der Waals surface area contributed by atoms with Gasteiger partial charge in [-0.25, -0.2) is 4.79 Å². The van der Waals surface area contributed by atoms with Gasteiger partial charge in [0.2, 0.25) is 0 Å². The Bertz CT molecular complexity index is 629. The van der Waals surface area contributed by atoms with E-state index in [0.29, 0.717) is 23.2 Å². The molecule has 0 N–H and O–H groups in total. The fourth-order valence-corrected chi connectivity index (χ4v) is 1.69. The van der Waals surface area contributed by atoms with E-state index in [9.17, 15) is 9.59 Å². The molecule has 0 aromatic heterocycles. The molecule has 0 heterocycles. The number of ether oxygens (including phenoxy) is 2. The fraction of sp³-hybridized carbons (Fsp3) is 0.125. The largest absolute Gasteiger partial charge is 0.493 e. The van der Waals surface area contributed by atoms with Crippen molar-refractivity contribution in [2.24, 2.45) is 0 Å². The van der Waals surface area contributed by atoms with Crippen molar-refractivity contribution in [1.29, 1.82) is 0 Å². The van der Waals surface area contributed by atoms with Crippen molar-refractivity contribution in [3.63, 3.8) is 0 Å². The van der Waals surface area contributed by atoms with Crippen LogP contribution in [0.15, 0.2) is 42.5 Å². The van der Waals surface area contributed by atoms with Crippen LogP contribution in [0.4, 0.5) is 0 Å². The molecule has 0 radical (unpaired) electrons. The fourth-order valence-electron chi connectivity index (χ4n) is 1.69. The average Bonchev–Trinajstić information content (AvgIpc) is 2.47. The zero-order valence-corrected chi connectivity index (χ0v) is 11.3. The molecule has 0 amide bonds. The second-order valence-electron chi connectivity index (χ2n) is 4.28. The number of aryl methyl sites for hydroxylation is 1. The number of aldehydes is 1. The van der Waals surface area contributed by atoms with Gasteiger partial charge in [-0.15, -0.1) is 0 Å². The van der Waals surface area contributed by atoms with Crippen molar-refractivity contribution in [1.82, 2.24) is 0 Å². The highest BCUT2D eigenvalue weighted by Gasteiger charge is 2.12. The van der Waals surface area contributed by atoms with E-state index >= 15 is 0 Å². The minimum absolute atomic E-state index is 0.225. The predicted molar refractivity (Wildman–Crippen MR) is 74.5 cm³/mol. The van der Waals surface area contributed by atoms with Gasteiger partial charge in [-0.05, 0) is 37.3 Å². The van der Waals surface area contributed by atoms with Crippen LogP contribution in [0, 0.1) is 6.92 Å². The maximum absolute atomic E-state index is 12.0. The Morgan fingerprint density at radius 1 is 1.05 bits per heavy atom. The third-order valence-corrected chi connectivity index (χ3v) is 2.81. The molecule has 4 heteroatoms. The summed E-state index contributed by atoms with van der Waals surface area (Å²) in [6, 6.07) is 11.7. The van der Waals surface area contributed by atoms with Gasteiger partial charge in [-0.1, -0.05) is 17.7 Å². The average molecular weight is 270 g/mol. The van der Waals surface area contributed by atoms with Gasteiger partial charge in [0.15, 0.2) is 11.5 Å². The van der Waals surface area contributed by atoms with Crippen molar-refractivity contribution in [3.05, 3.63) is 59.2 Å². The van der Waals surface area contributed by atoms with Crippen LogP contribution >= 0.6 is 0 Å². The number of carbonyl (C=O) groups excluding carboxylic acids is 2. The summed E-state index contributed by atoms with van der Waals surface area (Å²) in [4.78, 5) is 22.8. The lowest BCUT2D eigenvalue weighted by Gasteiger charge is -2.09. The van der Waals surface area contributed by atoms with E-state index in [1.807, 2.05) is 19.1 Å². The van der Waals surface area contributed by atoms with Crippen LogP contribution in [0.3, 0.4) is 0 Å². The van der Waals surface area contributed by atoms with Crippen molar-refractivity contribution in [2.45, 2.75) is 6.92 Å². The minimum atomic E-state index is -0.494. The van der Waals surface area contributed by atoms with Gasteiger partial charge in [-0.3, -0.25) is 4.79 Å². The monoisotopic (exact) mass is 270 g/mol. The lowest BCUT2D eigenvalue weighted by atomic mass is 10.1. The molecule has 0 fully saturated rings. The van der Waals surface area contributed by atoms with Crippen LogP contribution in [0.2, 0.25) is 0 Å². The molecular formula is C16H14O4.